The lowest BCUT2D eigenvalue weighted by Gasteiger charge is -2.27. The molecule has 2 atom stereocenters. The molecule has 1 aliphatic rings. The van der Waals surface area contributed by atoms with Gasteiger partial charge in [-0.3, -0.25) is 4.79 Å². The van der Waals surface area contributed by atoms with Crippen LogP contribution in [0.25, 0.3) is 0 Å². The Morgan fingerprint density at radius 2 is 2.42 bits per heavy atom. The van der Waals surface area contributed by atoms with Crippen LogP contribution in [0.1, 0.15) is 26.2 Å². The van der Waals surface area contributed by atoms with Crippen molar-refractivity contribution in [3.05, 3.63) is 0 Å². The van der Waals surface area contributed by atoms with Gasteiger partial charge in [-0.2, -0.15) is 0 Å². The largest absolute Gasteiger partial charge is 0.468 e. The van der Waals surface area contributed by atoms with Crippen molar-refractivity contribution in [2.24, 2.45) is 5.92 Å². The molecule has 0 aromatic heterocycles. The van der Waals surface area contributed by atoms with Gasteiger partial charge in [-0.05, 0) is 25.3 Å². The average molecular weight is 171 g/mol. The lowest BCUT2D eigenvalue weighted by Crippen LogP contribution is -2.43. The average Bonchev–Trinajstić information content (AvgIpc) is 2.17. The van der Waals surface area contributed by atoms with E-state index in [1.54, 1.807) is 0 Å². The fraction of sp³-hybridized carbons (Fsp3) is 0.889. The number of carbonyl (C=O) groups excluding carboxylic acids is 1. The highest BCUT2D eigenvalue weighted by atomic mass is 16.5. The summed E-state index contributed by atoms with van der Waals surface area (Å²) in [4.78, 5) is 11.1. The Balaban J connectivity index is 2.40. The molecule has 70 valence electrons. The molecule has 3 heteroatoms. The van der Waals surface area contributed by atoms with Crippen molar-refractivity contribution < 1.29 is 9.53 Å². The highest BCUT2D eigenvalue weighted by molar-refractivity contribution is 5.75. The zero-order chi connectivity index (χ0) is 8.97. The molecule has 12 heavy (non-hydrogen) atoms. The lowest BCUT2D eigenvalue weighted by atomic mass is 9.90. The number of hydrogen-bond donors (Lipinski definition) is 1. The van der Waals surface area contributed by atoms with E-state index in [1.807, 2.05) is 0 Å². The van der Waals surface area contributed by atoms with Gasteiger partial charge in [-0.25, -0.2) is 0 Å². The molecule has 0 aromatic carbocycles. The molecule has 1 N–H and O–H groups in total. The van der Waals surface area contributed by atoms with Crippen molar-refractivity contribution in [2.75, 3.05) is 13.7 Å². The Labute approximate surface area is 73.5 Å². The second kappa shape index (κ2) is 4.45. The van der Waals surface area contributed by atoms with Crippen LogP contribution in [0.4, 0.5) is 0 Å². The lowest BCUT2D eigenvalue weighted by molar-refractivity contribution is -0.144. The summed E-state index contributed by atoms with van der Waals surface area (Å²) < 4.78 is 4.68. The molecular formula is C9H17NO2. The van der Waals surface area contributed by atoms with E-state index in [4.69, 9.17) is 0 Å². The number of nitrogens with one attached hydrogen (secondary N) is 1. The Hall–Kier alpha value is -0.570. The highest BCUT2D eigenvalue weighted by Gasteiger charge is 2.26. The molecule has 0 spiro atoms. The Morgan fingerprint density at radius 3 is 3.00 bits per heavy atom. The zero-order valence-electron chi connectivity index (χ0n) is 7.80. The van der Waals surface area contributed by atoms with Crippen molar-refractivity contribution in [3.63, 3.8) is 0 Å². The number of methoxy groups -OCH3 is 1. The highest BCUT2D eigenvalue weighted by Crippen LogP contribution is 2.19. The SMILES string of the molecule is CC[C@H]1CCN[C@@H](C(=O)OC)C1. The van der Waals surface area contributed by atoms with Gasteiger partial charge in [0.2, 0.25) is 0 Å². The molecule has 0 saturated carbocycles. The van der Waals surface area contributed by atoms with Gasteiger partial charge in [0.25, 0.3) is 0 Å². The summed E-state index contributed by atoms with van der Waals surface area (Å²) in [7, 11) is 1.44. The minimum atomic E-state index is -0.117. The normalized spacial score (nSPS) is 29.8. The molecule has 1 aliphatic heterocycles. The number of carbonyl (C=O) groups is 1. The summed E-state index contributed by atoms with van der Waals surface area (Å²) >= 11 is 0. The van der Waals surface area contributed by atoms with Gasteiger partial charge in [0.05, 0.1) is 7.11 Å². The number of piperidine rings is 1. The van der Waals surface area contributed by atoms with Gasteiger partial charge in [0.15, 0.2) is 0 Å². The molecule has 0 aliphatic carbocycles. The van der Waals surface area contributed by atoms with Crippen molar-refractivity contribution >= 4 is 5.97 Å². The summed E-state index contributed by atoms with van der Waals surface area (Å²) in [6, 6.07) is -0.0614. The molecule has 0 amide bonds. The second-order valence-electron chi connectivity index (χ2n) is 3.33. The molecule has 0 radical (unpaired) electrons. The molecule has 0 bridgehead atoms. The predicted octanol–water partition coefficient (Wildman–Crippen LogP) is 0.938. The number of esters is 1. The van der Waals surface area contributed by atoms with Crippen LogP contribution in [-0.4, -0.2) is 25.7 Å². The van der Waals surface area contributed by atoms with Gasteiger partial charge < -0.3 is 10.1 Å². The zero-order valence-corrected chi connectivity index (χ0v) is 7.80. The van der Waals surface area contributed by atoms with E-state index in [-0.39, 0.29) is 12.0 Å². The van der Waals surface area contributed by atoms with Crippen LogP contribution in [0.15, 0.2) is 0 Å². The minimum Gasteiger partial charge on any atom is -0.468 e. The quantitative estimate of drug-likeness (QED) is 0.628. The van der Waals surface area contributed by atoms with Crippen molar-refractivity contribution in [2.45, 2.75) is 32.2 Å². The summed E-state index contributed by atoms with van der Waals surface area (Å²) in [6.45, 7) is 3.11. The fourth-order valence-electron chi connectivity index (χ4n) is 1.69. The van der Waals surface area contributed by atoms with Crippen molar-refractivity contribution in [1.82, 2.24) is 5.32 Å². The molecule has 1 heterocycles. The second-order valence-corrected chi connectivity index (χ2v) is 3.33. The summed E-state index contributed by atoms with van der Waals surface area (Å²) in [6.07, 6.45) is 3.28. The number of hydrogen-bond acceptors (Lipinski definition) is 3. The third kappa shape index (κ3) is 2.21. The van der Waals surface area contributed by atoms with Gasteiger partial charge in [0, 0.05) is 0 Å². The number of ether oxygens (including phenoxy) is 1. The van der Waals surface area contributed by atoms with Gasteiger partial charge >= 0.3 is 5.97 Å². The van der Waals surface area contributed by atoms with E-state index >= 15 is 0 Å². The van der Waals surface area contributed by atoms with Gasteiger partial charge in [-0.1, -0.05) is 13.3 Å². The summed E-state index contributed by atoms with van der Waals surface area (Å²) in [5.41, 5.74) is 0. The van der Waals surface area contributed by atoms with Crippen LogP contribution in [-0.2, 0) is 9.53 Å². The molecule has 3 nitrogen and oxygen atoms in total. The fourth-order valence-corrected chi connectivity index (χ4v) is 1.69. The monoisotopic (exact) mass is 171 g/mol. The van der Waals surface area contributed by atoms with Crippen LogP contribution in [0, 0.1) is 5.92 Å². The maximum absolute atomic E-state index is 11.1. The maximum atomic E-state index is 11.1. The first-order valence-electron chi connectivity index (χ1n) is 4.59. The van der Waals surface area contributed by atoms with E-state index in [2.05, 4.69) is 17.0 Å². The first kappa shape index (κ1) is 9.52. The topological polar surface area (TPSA) is 38.3 Å². The van der Waals surface area contributed by atoms with Crippen molar-refractivity contribution in [1.29, 1.82) is 0 Å². The van der Waals surface area contributed by atoms with E-state index in [0.717, 1.165) is 19.4 Å². The van der Waals surface area contributed by atoms with E-state index < -0.39 is 0 Å². The smallest absolute Gasteiger partial charge is 0.322 e. The van der Waals surface area contributed by atoms with Crippen LogP contribution >= 0.6 is 0 Å². The third-order valence-corrected chi connectivity index (χ3v) is 2.58. The molecule has 0 unspecified atom stereocenters. The number of rotatable bonds is 2. The third-order valence-electron chi connectivity index (χ3n) is 2.58. The first-order valence-corrected chi connectivity index (χ1v) is 4.59. The predicted molar refractivity (Wildman–Crippen MR) is 46.8 cm³/mol. The van der Waals surface area contributed by atoms with Crippen molar-refractivity contribution in [3.8, 4) is 0 Å². The molecule has 1 saturated heterocycles. The van der Waals surface area contributed by atoms with Crippen LogP contribution < -0.4 is 5.32 Å². The Kier molecular flexibility index (Phi) is 3.53. The summed E-state index contributed by atoms with van der Waals surface area (Å²) in [5.74, 6) is 0.573. The van der Waals surface area contributed by atoms with Gasteiger partial charge in [0.1, 0.15) is 6.04 Å². The van der Waals surface area contributed by atoms with E-state index in [0.29, 0.717) is 5.92 Å². The van der Waals surface area contributed by atoms with Crippen LogP contribution in [0.3, 0.4) is 0 Å². The first-order chi connectivity index (χ1) is 5.77. The Bertz CT molecular complexity index is 159. The maximum Gasteiger partial charge on any atom is 0.322 e. The summed E-state index contributed by atoms with van der Waals surface area (Å²) in [5, 5.41) is 3.16. The van der Waals surface area contributed by atoms with Crippen LogP contribution in [0.5, 0.6) is 0 Å². The van der Waals surface area contributed by atoms with E-state index in [9.17, 15) is 4.79 Å². The van der Waals surface area contributed by atoms with Crippen LogP contribution in [0.2, 0.25) is 0 Å². The standard InChI is InChI=1S/C9H17NO2/c1-3-7-4-5-10-8(6-7)9(11)12-2/h7-8,10H,3-6H2,1-2H3/t7-,8+/m0/s1. The van der Waals surface area contributed by atoms with Gasteiger partial charge in [-0.15, -0.1) is 0 Å². The van der Waals surface area contributed by atoms with E-state index in [1.165, 1.54) is 13.5 Å². The molecule has 1 rings (SSSR count). The molecular weight excluding hydrogens is 154 g/mol. The Morgan fingerprint density at radius 1 is 1.67 bits per heavy atom. The minimum absolute atomic E-state index is 0.0614. The molecule has 1 fully saturated rings. The molecule has 0 aromatic rings.